The molecule has 2 aromatic rings. The molecule has 1 fully saturated rings. The summed E-state index contributed by atoms with van der Waals surface area (Å²) < 4.78 is 4.78. The van der Waals surface area contributed by atoms with Crippen molar-refractivity contribution in [3.05, 3.63) is 36.1 Å². The summed E-state index contributed by atoms with van der Waals surface area (Å²) in [5, 5.41) is 12.6. The zero-order chi connectivity index (χ0) is 13.2. The number of benzene rings is 1. The first-order valence-electron chi connectivity index (χ1n) is 6.29. The molecule has 5 nitrogen and oxygen atoms in total. The Labute approximate surface area is 110 Å². The van der Waals surface area contributed by atoms with Gasteiger partial charge in [-0.3, -0.25) is 0 Å². The van der Waals surface area contributed by atoms with Crippen LogP contribution in [0.2, 0.25) is 0 Å². The van der Waals surface area contributed by atoms with E-state index in [1.54, 1.807) is 0 Å². The van der Waals surface area contributed by atoms with E-state index in [1.807, 2.05) is 18.2 Å². The monoisotopic (exact) mass is 258 g/mol. The molecule has 1 N–H and O–H groups in total. The molecule has 0 radical (unpaired) electrons. The van der Waals surface area contributed by atoms with Gasteiger partial charge in [0.05, 0.1) is 0 Å². The minimum absolute atomic E-state index is 0.137. The van der Waals surface area contributed by atoms with Crippen molar-refractivity contribution in [3.8, 4) is 11.3 Å². The molecule has 0 spiro atoms. The molecule has 2 heterocycles. The second-order valence-electron chi connectivity index (χ2n) is 4.63. The van der Waals surface area contributed by atoms with Crippen LogP contribution in [0.5, 0.6) is 0 Å². The lowest BCUT2D eigenvalue weighted by Gasteiger charge is -2.17. The second kappa shape index (κ2) is 4.76. The maximum Gasteiger partial charge on any atom is 0.374 e. The van der Waals surface area contributed by atoms with Gasteiger partial charge in [0.25, 0.3) is 0 Å². The molecule has 1 aliphatic heterocycles. The number of hydrogen-bond acceptors (Lipinski definition) is 4. The summed E-state index contributed by atoms with van der Waals surface area (Å²) in [4.78, 5) is 13.1. The molecule has 0 unspecified atom stereocenters. The van der Waals surface area contributed by atoms with Gasteiger partial charge in [-0.2, -0.15) is 0 Å². The molecule has 0 saturated carbocycles. The molecule has 1 aromatic heterocycles. The van der Waals surface area contributed by atoms with Gasteiger partial charge in [-0.25, -0.2) is 4.79 Å². The highest BCUT2D eigenvalue weighted by atomic mass is 16.5. The minimum Gasteiger partial charge on any atom is -0.475 e. The molecule has 1 aromatic carbocycles. The third-order valence-electron chi connectivity index (χ3n) is 3.33. The topological polar surface area (TPSA) is 66.6 Å². The quantitative estimate of drug-likeness (QED) is 0.916. The zero-order valence-corrected chi connectivity index (χ0v) is 10.4. The zero-order valence-electron chi connectivity index (χ0n) is 10.4. The Kier molecular flexibility index (Phi) is 2.95. The largest absolute Gasteiger partial charge is 0.475 e. The van der Waals surface area contributed by atoms with Crippen LogP contribution < -0.4 is 4.90 Å². The van der Waals surface area contributed by atoms with Crippen LogP contribution in [0.3, 0.4) is 0 Å². The van der Waals surface area contributed by atoms with Gasteiger partial charge in [0.1, 0.15) is 5.69 Å². The number of nitrogens with zero attached hydrogens (tertiary/aromatic N) is 2. The summed E-state index contributed by atoms with van der Waals surface area (Å²) in [5.74, 6) is -1.24. The molecule has 0 bridgehead atoms. The summed E-state index contributed by atoms with van der Waals surface area (Å²) in [6, 6.07) is 9.40. The van der Waals surface area contributed by atoms with E-state index in [-0.39, 0.29) is 5.76 Å². The fourth-order valence-electron chi connectivity index (χ4n) is 2.35. The van der Waals surface area contributed by atoms with E-state index < -0.39 is 5.97 Å². The maximum absolute atomic E-state index is 10.8. The van der Waals surface area contributed by atoms with Crippen LogP contribution in [-0.4, -0.2) is 29.3 Å². The third kappa shape index (κ3) is 2.31. The van der Waals surface area contributed by atoms with Gasteiger partial charge in [-0.1, -0.05) is 17.3 Å². The average Bonchev–Trinajstić information content (AvgIpc) is 3.10. The summed E-state index contributed by atoms with van der Waals surface area (Å²) in [6.07, 6.45) is 2.44. The van der Waals surface area contributed by atoms with E-state index in [4.69, 9.17) is 9.63 Å². The number of rotatable bonds is 3. The van der Waals surface area contributed by atoms with Crippen molar-refractivity contribution in [2.75, 3.05) is 18.0 Å². The normalized spacial score (nSPS) is 14.8. The minimum atomic E-state index is -1.10. The molecule has 0 atom stereocenters. The first-order chi connectivity index (χ1) is 9.24. The van der Waals surface area contributed by atoms with E-state index >= 15 is 0 Å². The predicted molar refractivity (Wildman–Crippen MR) is 70.3 cm³/mol. The van der Waals surface area contributed by atoms with Gasteiger partial charge in [0.2, 0.25) is 5.76 Å². The van der Waals surface area contributed by atoms with Gasteiger partial charge in [-0.15, -0.1) is 0 Å². The van der Waals surface area contributed by atoms with Gasteiger partial charge in [0.15, 0.2) is 0 Å². The Morgan fingerprint density at radius 3 is 2.74 bits per heavy atom. The van der Waals surface area contributed by atoms with E-state index in [9.17, 15) is 4.79 Å². The van der Waals surface area contributed by atoms with Crippen molar-refractivity contribution in [1.82, 2.24) is 5.16 Å². The number of anilines is 1. The summed E-state index contributed by atoms with van der Waals surface area (Å²) in [5.41, 5.74) is 2.58. The number of carboxylic acids is 1. The fraction of sp³-hybridized carbons (Fsp3) is 0.286. The lowest BCUT2D eigenvalue weighted by molar-refractivity contribution is 0.0652. The molecule has 98 valence electrons. The molecule has 19 heavy (non-hydrogen) atoms. The van der Waals surface area contributed by atoms with E-state index in [1.165, 1.54) is 18.9 Å². The highest BCUT2D eigenvalue weighted by Crippen LogP contribution is 2.26. The van der Waals surface area contributed by atoms with Crippen LogP contribution in [0, 0.1) is 0 Å². The second-order valence-corrected chi connectivity index (χ2v) is 4.63. The van der Waals surface area contributed by atoms with Gasteiger partial charge < -0.3 is 14.5 Å². The van der Waals surface area contributed by atoms with E-state index in [2.05, 4.69) is 16.1 Å². The number of aromatic nitrogens is 1. The number of carbonyl (C=O) groups is 1. The number of aromatic carboxylic acids is 1. The predicted octanol–water partition coefficient (Wildman–Crippen LogP) is 2.64. The van der Waals surface area contributed by atoms with E-state index in [0.29, 0.717) is 5.69 Å². The Morgan fingerprint density at radius 2 is 2.05 bits per heavy atom. The van der Waals surface area contributed by atoms with Crippen LogP contribution in [0.1, 0.15) is 23.4 Å². The van der Waals surface area contributed by atoms with E-state index in [0.717, 1.165) is 24.3 Å². The maximum atomic E-state index is 10.8. The summed E-state index contributed by atoms with van der Waals surface area (Å²) in [6.45, 7) is 2.14. The Balaban J connectivity index is 1.91. The summed E-state index contributed by atoms with van der Waals surface area (Å²) in [7, 11) is 0. The van der Waals surface area contributed by atoms with Crippen molar-refractivity contribution in [3.63, 3.8) is 0 Å². The lowest BCUT2D eigenvalue weighted by atomic mass is 10.1. The molecule has 0 amide bonds. The van der Waals surface area contributed by atoms with Crippen molar-refractivity contribution < 1.29 is 14.4 Å². The molecule has 5 heteroatoms. The Hall–Kier alpha value is -2.30. The molecule has 1 aliphatic rings. The van der Waals surface area contributed by atoms with Gasteiger partial charge >= 0.3 is 5.97 Å². The smallest absolute Gasteiger partial charge is 0.374 e. The van der Waals surface area contributed by atoms with Crippen molar-refractivity contribution >= 4 is 11.7 Å². The first-order valence-corrected chi connectivity index (χ1v) is 6.29. The van der Waals surface area contributed by atoms with Crippen LogP contribution in [-0.2, 0) is 0 Å². The number of carboxylic acid groups (broad SMARTS) is 1. The average molecular weight is 258 g/mol. The third-order valence-corrected chi connectivity index (χ3v) is 3.33. The Morgan fingerprint density at radius 1 is 1.26 bits per heavy atom. The van der Waals surface area contributed by atoms with Crippen LogP contribution in [0.4, 0.5) is 5.69 Å². The highest BCUT2D eigenvalue weighted by molar-refractivity contribution is 5.85. The fourth-order valence-corrected chi connectivity index (χ4v) is 2.35. The lowest BCUT2D eigenvalue weighted by Crippen LogP contribution is -2.17. The first kappa shape index (κ1) is 11.8. The van der Waals surface area contributed by atoms with Gasteiger partial charge in [-0.05, 0) is 25.0 Å². The van der Waals surface area contributed by atoms with Crippen molar-refractivity contribution in [1.29, 1.82) is 0 Å². The van der Waals surface area contributed by atoms with Crippen molar-refractivity contribution in [2.45, 2.75) is 12.8 Å². The SMILES string of the molecule is O=C(O)c1cc(-c2cccc(N3CCCC3)c2)no1. The standard InChI is InChI=1S/C14H14N2O3/c17-14(18)13-9-12(15-19-13)10-4-3-5-11(8-10)16-6-1-2-7-16/h3-5,8-9H,1-2,6-7H2,(H,17,18). The highest BCUT2D eigenvalue weighted by Gasteiger charge is 2.15. The van der Waals surface area contributed by atoms with Gasteiger partial charge in [0, 0.05) is 30.4 Å². The van der Waals surface area contributed by atoms with Crippen molar-refractivity contribution in [2.24, 2.45) is 0 Å². The number of hydrogen-bond donors (Lipinski definition) is 1. The molecular weight excluding hydrogens is 244 g/mol. The molecule has 0 aliphatic carbocycles. The van der Waals surface area contributed by atoms with Crippen LogP contribution >= 0.6 is 0 Å². The molecular formula is C14H14N2O3. The molecule has 1 saturated heterocycles. The van der Waals surface area contributed by atoms with Crippen LogP contribution in [0.15, 0.2) is 34.9 Å². The summed E-state index contributed by atoms with van der Waals surface area (Å²) >= 11 is 0. The molecule has 3 rings (SSSR count). The Bertz CT molecular complexity index is 600. The van der Waals surface area contributed by atoms with Crippen LogP contribution in [0.25, 0.3) is 11.3 Å².